The molecule has 2 aromatic rings. The van der Waals surface area contributed by atoms with Crippen molar-refractivity contribution in [2.75, 3.05) is 12.4 Å². The van der Waals surface area contributed by atoms with Crippen LogP contribution in [0.25, 0.3) is 0 Å². The number of anilines is 1. The van der Waals surface area contributed by atoms with Gasteiger partial charge in [-0.25, -0.2) is 4.79 Å². The van der Waals surface area contributed by atoms with Crippen molar-refractivity contribution in [2.24, 2.45) is 5.41 Å². The van der Waals surface area contributed by atoms with Gasteiger partial charge in [-0.3, -0.25) is 19.6 Å². The zero-order valence-corrected chi connectivity index (χ0v) is 15.4. The number of aromatic nitrogens is 2. The molecule has 0 bridgehead atoms. The average Bonchev–Trinajstić information content (AvgIpc) is 2.58. The quantitative estimate of drug-likeness (QED) is 0.755. The van der Waals surface area contributed by atoms with Crippen LogP contribution in [0.15, 0.2) is 45.1 Å². The van der Waals surface area contributed by atoms with Gasteiger partial charge in [0.15, 0.2) is 5.78 Å². The van der Waals surface area contributed by atoms with E-state index in [1.54, 1.807) is 19.2 Å². The second-order valence-corrected chi connectivity index (χ2v) is 7.86. The summed E-state index contributed by atoms with van der Waals surface area (Å²) in [5.74, 6) is 0.527. The van der Waals surface area contributed by atoms with E-state index in [-0.39, 0.29) is 11.2 Å². The Morgan fingerprint density at radius 1 is 1.04 bits per heavy atom. The zero-order chi connectivity index (χ0) is 19.3. The van der Waals surface area contributed by atoms with E-state index in [0.29, 0.717) is 35.5 Å². The number of ketones is 1. The number of nitrogens with one attached hydrogen (secondary N) is 3. The minimum absolute atomic E-state index is 0.0193. The van der Waals surface area contributed by atoms with Gasteiger partial charge in [0.1, 0.15) is 11.6 Å². The molecule has 4 rings (SSSR count). The van der Waals surface area contributed by atoms with Gasteiger partial charge in [0.2, 0.25) is 0 Å². The maximum absolute atomic E-state index is 13.0. The molecular formula is C20H21N3O4. The Balaban J connectivity index is 1.97. The Morgan fingerprint density at radius 3 is 2.41 bits per heavy atom. The lowest BCUT2D eigenvalue weighted by atomic mass is 9.69. The molecule has 0 saturated heterocycles. The number of fused-ring (bicyclic) bond motifs is 1. The van der Waals surface area contributed by atoms with Crippen molar-refractivity contribution in [1.29, 1.82) is 0 Å². The minimum Gasteiger partial charge on any atom is -0.497 e. The highest BCUT2D eigenvalue weighted by Crippen LogP contribution is 2.47. The van der Waals surface area contributed by atoms with E-state index in [4.69, 9.17) is 4.74 Å². The summed E-state index contributed by atoms with van der Waals surface area (Å²) >= 11 is 0. The molecule has 1 aliphatic carbocycles. The third-order valence-corrected chi connectivity index (χ3v) is 5.20. The fourth-order valence-corrected chi connectivity index (χ4v) is 4.08. The van der Waals surface area contributed by atoms with E-state index in [1.807, 2.05) is 26.0 Å². The molecule has 27 heavy (non-hydrogen) atoms. The van der Waals surface area contributed by atoms with E-state index in [9.17, 15) is 14.4 Å². The zero-order valence-electron chi connectivity index (χ0n) is 15.4. The highest BCUT2D eigenvalue weighted by Gasteiger charge is 2.42. The second-order valence-electron chi connectivity index (χ2n) is 7.86. The summed E-state index contributed by atoms with van der Waals surface area (Å²) in [7, 11) is 1.58. The topological polar surface area (TPSA) is 104 Å². The number of ether oxygens (including phenoxy) is 1. The Hall–Kier alpha value is -3.09. The Labute approximate surface area is 155 Å². The molecule has 1 atom stereocenters. The lowest BCUT2D eigenvalue weighted by Gasteiger charge is -2.38. The van der Waals surface area contributed by atoms with Gasteiger partial charge in [-0.15, -0.1) is 0 Å². The smallest absolute Gasteiger partial charge is 0.327 e. The molecule has 0 saturated carbocycles. The van der Waals surface area contributed by atoms with E-state index < -0.39 is 17.2 Å². The van der Waals surface area contributed by atoms with Gasteiger partial charge in [0.25, 0.3) is 5.56 Å². The van der Waals surface area contributed by atoms with Crippen molar-refractivity contribution in [3.8, 4) is 5.75 Å². The Morgan fingerprint density at radius 2 is 1.74 bits per heavy atom. The molecule has 2 aliphatic rings. The Bertz CT molecular complexity index is 1070. The van der Waals surface area contributed by atoms with Crippen LogP contribution in [0.5, 0.6) is 5.75 Å². The maximum atomic E-state index is 13.0. The molecule has 0 radical (unpaired) electrons. The standard InChI is InChI=1S/C20H21N3O4/c1-20(2)8-12-15(13(24)9-20)14(10-4-6-11(27-3)7-5-10)16-17(21-12)22-19(26)23-18(16)25/h4-7,14H,8-9H2,1-3H3,(H3,21,22,23,25,26). The molecule has 1 aliphatic heterocycles. The number of hydrogen-bond donors (Lipinski definition) is 3. The first-order valence-corrected chi connectivity index (χ1v) is 8.83. The molecule has 1 unspecified atom stereocenters. The van der Waals surface area contributed by atoms with Gasteiger partial charge in [0, 0.05) is 23.6 Å². The SMILES string of the molecule is COc1ccc(C2C3=C(CC(C)(C)CC3=O)Nc3[nH]c(=O)[nH]c(=O)c32)cc1. The van der Waals surface area contributed by atoms with Crippen LogP contribution in [0.4, 0.5) is 5.82 Å². The van der Waals surface area contributed by atoms with Gasteiger partial charge in [-0.05, 0) is 29.5 Å². The van der Waals surface area contributed by atoms with Crippen LogP contribution in [0.3, 0.4) is 0 Å². The van der Waals surface area contributed by atoms with Crippen LogP contribution in [0.2, 0.25) is 0 Å². The van der Waals surface area contributed by atoms with Crippen molar-refractivity contribution in [3.05, 3.63) is 67.5 Å². The number of carbonyl (C=O) groups is 1. The number of hydrogen-bond acceptors (Lipinski definition) is 5. The predicted octanol–water partition coefficient (Wildman–Crippen LogP) is 2.27. The number of aromatic amines is 2. The molecule has 0 spiro atoms. The summed E-state index contributed by atoms with van der Waals surface area (Å²) in [6.45, 7) is 4.07. The third kappa shape index (κ3) is 2.89. The van der Waals surface area contributed by atoms with Gasteiger partial charge < -0.3 is 10.1 Å². The lowest BCUT2D eigenvalue weighted by Crippen LogP contribution is -2.38. The molecule has 7 nitrogen and oxygen atoms in total. The molecule has 0 amide bonds. The van der Waals surface area contributed by atoms with Crippen molar-refractivity contribution >= 4 is 11.6 Å². The Kier molecular flexibility index (Phi) is 3.83. The second kappa shape index (κ2) is 5.97. The number of H-pyrrole nitrogens is 2. The number of Topliss-reactive ketones (excluding diaryl/α,β-unsaturated/α-hetero) is 1. The van der Waals surface area contributed by atoms with Crippen molar-refractivity contribution in [2.45, 2.75) is 32.6 Å². The number of carbonyl (C=O) groups excluding carboxylic acids is 1. The van der Waals surface area contributed by atoms with Crippen LogP contribution in [-0.4, -0.2) is 22.9 Å². The first-order valence-electron chi connectivity index (χ1n) is 8.83. The molecule has 2 heterocycles. The van der Waals surface area contributed by atoms with Crippen LogP contribution in [0, 0.1) is 5.41 Å². The van der Waals surface area contributed by atoms with E-state index in [2.05, 4.69) is 15.3 Å². The molecule has 7 heteroatoms. The maximum Gasteiger partial charge on any atom is 0.327 e. The fourth-order valence-electron chi connectivity index (χ4n) is 4.08. The van der Waals surface area contributed by atoms with Gasteiger partial charge in [0.05, 0.1) is 12.7 Å². The van der Waals surface area contributed by atoms with E-state index in [1.165, 1.54) is 0 Å². The summed E-state index contributed by atoms with van der Waals surface area (Å²) in [6.07, 6.45) is 1.08. The molecule has 1 aromatic heterocycles. The van der Waals surface area contributed by atoms with Crippen LogP contribution in [-0.2, 0) is 4.79 Å². The number of benzene rings is 1. The van der Waals surface area contributed by atoms with Gasteiger partial charge >= 0.3 is 5.69 Å². The van der Waals surface area contributed by atoms with Crippen molar-refractivity contribution in [1.82, 2.24) is 9.97 Å². The highest BCUT2D eigenvalue weighted by molar-refractivity contribution is 6.01. The molecule has 1 aromatic carbocycles. The van der Waals surface area contributed by atoms with Crippen LogP contribution in [0.1, 0.15) is 43.7 Å². The third-order valence-electron chi connectivity index (χ3n) is 5.20. The van der Waals surface area contributed by atoms with E-state index >= 15 is 0 Å². The predicted molar refractivity (Wildman–Crippen MR) is 101 cm³/mol. The van der Waals surface area contributed by atoms with Crippen molar-refractivity contribution < 1.29 is 9.53 Å². The van der Waals surface area contributed by atoms with Crippen LogP contribution >= 0.6 is 0 Å². The number of methoxy groups -OCH3 is 1. The summed E-state index contributed by atoms with van der Waals surface area (Å²) in [5, 5.41) is 3.15. The summed E-state index contributed by atoms with van der Waals surface area (Å²) in [6, 6.07) is 7.30. The number of rotatable bonds is 2. The normalized spacial score (nSPS) is 20.6. The largest absolute Gasteiger partial charge is 0.497 e. The molecular weight excluding hydrogens is 346 g/mol. The molecule has 0 fully saturated rings. The lowest BCUT2D eigenvalue weighted by molar-refractivity contribution is -0.118. The molecule has 3 N–H and O–H groups in total. The molecule has 140 valence electrons. The monoisotopic (exact) mass is 367 g/mol. The summed E-state index contributed by atoms with van der Waals surface area (Å²) < 4.78 is 5.21. The van der Waals surface area contributed by atoms with Gasteiger partial charge in [-0.2, -0.15) is 0 Å². The summed E-state index contributed by atoms with van der Waals surface area (Å²) in [4.78, 5) is 42.4. The first-order chi connectivity index (χ1) is 12.8. The first kappa shape index (κ1) is 17.3. The number of allylic oxidation sites excluding steroid dienone is 2. The highest BCUT2D eigenvalue weighted by atomic mass is 16.5. The fraction of sp³-hybridized carbons (Fsp3) is 0.350. The minimum atomic E-state index is -0.579. The summed E-state index contributed by atoms with van der Waals surface area (Å²) in [5.41, 5.74) is 1.27. The van der Waals surface area contributed by atoms with Gasteiger partial charge in [-0.1, -0.05) is 26.0 Å². The van der Waals surface area contributed by atoms with E-state index in [0.717, 1.165) is 11.3 Å². The average molecular weight is 367 g/mol. The van der Waals surface area contributed by atoms with Crippen molar-refractivity contribution in [3.63, 3.8) is 0 Å². The van der Waals surface area contributed by atoms with Crippen LogP contribution < -0.4 is 21.3 Å².